The molecule has 4 rings (SSSR count). The lowest BCUT2D eigenvalue weighted by molar-refractivity contribution is -0.119. The molecule has 0 saturated heterocycles. The number of carbonyl (C=O) groups is 4. The van der Waals surface area contributed by atoms with Gasteiger partial charge in [-0.1, -0.05) is 88.4 Å². The monoisotopic (exact) mass is 624 g/mol. The first-order valence-electron chi connectivity index (χ1n) is 14.9. The largest absolute Gasteiger partial charge is 0.326 e. The van der Waals surface area contributed by atoms with Gasteiger partial charge in [-0.15, -0.1) is 0 Å². The van der Waals surface area contributed by atoms with Crippen LogP contribution in [0.5, 0.6) is 0 Å². The molecule has 0 aliphatic heterocycles. The second kappa shape index (κ2) is 17.2. The topological polar surface area (TPSA) is 157 Å². The molecule has 0 heterocycles. The van der Waals surface area contributed by atoms with Crippen LogP contribution in [0, 0.1) is 11.8 Å². The van der Waals surface area contributed by atoms with E-state index in [2.05, 4.69) is 10.6 Å². The Morgan fingerprint density at radius 3 is 1.04 bits per heavy atom. The Morgan fingerprint density at radius 2 is 0.783 bits per heavy atom. The van der Waals surface area contributed by atoms with Gasteiger partial charge in [-0.3, -0.25) is 29.6 Å². The fraction of sp³-hybridized carbons (Fsp3) is 0.222. The molecule has 0 saturated carbocycles. The maximum Gasteiger partial charge on any atom is 0.274 e. The Balaban J connectivity index is 0.000000250. The highest BCUT2D eigenvalue weighted by atomic mass is 16.5. The Morgan fingerprint density at radius 1 is 0.478 bits per heavy atom. The summed E-state index contributed by atoms with van der Waals surface area (Å²) in [6, 6.07) is 31.9. The average molecular weight is 625 g/mol. The van der Waals surface area contributed by atoms with Crippen molar-refractivity contribution in [1.29, 1.82) is 0 Å². The molecule has 10 nitrogen and oxygen atoms in total. The van der Waals surface area contributed by atoms with E-state index in [0.29, 0.717) is 22.5 Å². The molecular weight excluding hydrogens is 584 g/mol. The minimum Gasteiger partial charge on any atom is -0.326 e. The van der Waals surface area contributed by atoms with Crippen LogP contribution in [-0.2, 0) is 9.59 Å². The van der Waals surface area contributed by atoms with Crippen molar-refractivity contribution in [3.05, 3.63) is 131 Å². The van der Waals surface area contributed by atoms with Crippen LogP contribution in [-0.4, -0.2) is 34.0 Å². The van der Waals surface area contributed by atoms with Crippen molar-refractivity contribution in [3.63, 3.8) is 0 Å². The quantitative estimate of drug-likeness (QED) is 0.0890. The van der Waals surface area contributed by atoms with Crippen molar-refractivity contribution in [2.45, 2.75) is 39.5 Å². The summed E-state index contributed by atoms with van der Waals surface area (Å²) in [6.45, 7) is 8.02. The molecule has 0 aliphatic rings. The maximum atomic E-state index is 12.6. The van der Waals surface area contributed by atoms with E-state index in [1.54, 1.807) is 35.2 Å². The molecule has 0 aromatic heterocycles. The Hall–Kier alpha value is -5.32. The maximum absolute atomic E-state index is 12.6. The number of anilines is 2. The Kier molecular flexibility index (Phi) is 13.2. The third-order valence-corrected chi connectivity index (χ3v) is 7.25. The summed E-state index contributed by atoms with van der Waals surface area (Å²) < 4.78 is 0. The van der Waals surface area contributed by atoms with Gasteiger partial charge in [0.25, 0.3) is 11.8 Å². The van der Waals surface area contributed by atoms with Crippen LogP contribution in [0.3, 0.4) is 0 Å². The van der Waals surface area contributed by atoms with E-state index in [1.165, 1.54) is 24.3 Å². The van der Waals surface area contributed by atoms with E-state index in [-0.39, 0.29) is 35.5 Å². The van der Waals surface area contributed by atoms with Crippen LogP contribution in [0.25, 0.3) is 0 Å². The molecule has 0 fully saturated rings. The van der Waals surface area contributed by atoms with Crippen LogP contribution < -0.4 is 21.6 Å². The van der Waals surface area contributed by atoms with Crippen LogP contribution in [0.15, 0.2) is 109 Å². The molecule has 0 radical (unpaired) electrons. The molecule has 4 aromatic carbocycles. The summed E-state index contributed by atoms with van der Waals surface area (Å²) in [5.41, 5.74) is 6.91. The average Bonchev–Trinajstić information content (AvgIpc) is 3.06. The second-order valence-electron chi connectivity index (χ2n) is 11.3. The fourth-order valence-corrected chi connectivity index (χ4v) is 4.98. The smallest absolute Gasteiger partial charge is 0.274 e. The SMILES string of the molecule is CC(C)[C@H](C(=O)Nc1ccc(C(=O)NO)cc1)c1ccccc1.CC(C)[C@H](C(=O)Nc1ccc(C(=O)NO)cc1)c1ccccc1. The van der Waals surface area contributed by atoms with E-state index < -0.39 is 11.8 Å². The summed E-state index contributed by atoms with van der Waals surface area (Å²) in [4.78, 5) is 47.8. The van der Waals surface area contributed by atoms with Crippen molar-refractivity contribution in [2.75, 3.05) is 10.6 Å². The molecule has 240 valence electrons. The Labute approximate surface area is 268 Å². The molecule has 10 heteroatoms. The number of amides is 4. The molecular formula is C36H40N4O6. The number of nitrogens with one attached hydrogen (secondary N) is 4. The lowest BCUT2D eigenvalue weighted by Gasteiger charge is -2.20. The first-order valence-corrected chi connectivity index (χ1v) is 14.9. The second-order valence-corrected chi connectivity index (χ2v) is 11.3. The van der Waals surface area contributed by atoms with E-state index in [0.717, 1.165) is 11.1 Å². The summed E-state index contributed by atoms with van der Waals surface area (Å²) in [5, 5.41) is 22.9. The van der Waals surface area contributed by atoms with E-state index >= 15 is 0 Å². The molecule has 0 bridgehead atoms. The zero-order valence-electron chi connectivity index (χ0n) is 26.2. The highest BCUT2D eigenvalue weighted by Gasteiger charge is 2.25. The number of hydrogen-bond donors (Lipinski definition) is 6. The van der Waals surface area contributed by atoms with Gasteiger partial charge >= 0.3 is 0 Å². The molecule has 0 unspecified atom stereocenters. The normalized spacial score (nSPS) is 11.8. The van der Waals surface area contributed by atoms with Gasteiger partial charge in [-0.25, -0.2) is 11.0 Å². The number of hydrogen-bond acceptors (Lipinski definition) is 6. The molecule has 2 atom stereocenters. The zero-order valence-corrected chi connectivity index (χ0v) is 26.2. The molecule has 0 spiro atoms. The van der Waals surface area contributed by atoms with Crippen molar-refractivity contribution in [2.24, 2.45) is 11.8 Å². The Bertz CT molecular complexity index is 1450. The number of benzene rings is 4. The van der Waals surface area contributed by atoms with Gasteiger partial charge in [0, 0.05) is 22.5 Å². The van der Waals surface area contributed by atoms with Crippen LogP contribution in [0.2, 0.25) is 0 Å². The number of carbonyl (C=O) groups excluding carboxylic acids is 4. The van der Waals surface area contributed by atoms with Crippen LogP contribution >= 0.6 is 0 Å². The van der Waals surface area contributed by atoms with Gasteiger partial charge in [-0.05, 0) is 71.5 Å². The third-order valence-electron chi connectivity index (χ3n) is 7.25. The summed E-state index contributed by atoms with van der Waals surface area (Å²) in [5.74, 6) is -1.57. The molecule has 4 amide bonds. The summed E-state index contributed by atoms with van der Waals surface area (Å²) >= 11 is 0. The molecule has 4 aromatic rings. The number of rotatable bonds is 10. The minimum absolute atomic E-state index is 0.0921. The van der Waals surface area contributed by atoms with Gasteiger partial charge in [0.05, 0.1) is 11.8 Å². The van der Waals surface area contributed by atoms with Crippen LogP contribution in [0.4, 0.5) is 11.4 Å². The highest BCUT2D eigenvalue weighted by Crippen LogP contribution is 2.27. The van der Waals surface area contributed by atoms with Crippen LogP contribution in [0.1, 0.15) is 71.4 Å². The van der Waals surface area contributed by atoms with Gasteiger partial charge in [0.2, 0.25) is 11.8 Å². The van der Waals surface area contributed by atoms with Crippen molar-refractivity contribution < 1.29 is 29.6 Å². The molecule has 46 heavy (non-hydrogen) atoms. The van der Waals surface area contributed by atoms with E-state index in [9.17, 15) is 19.2 Å². The van der Waals surface area contributed by atoms with E-state index in [1.807, 2.05) is 88.4 Å². The van der Waals surface area contributed by atoms with Crippen molar-refractivity contribution in [1.82, 2.24) is 11.0 Å². The van der Waals surface area contributed by atoms with Gasteiger partial charge in [-0.2, -0.15) is 0 Å². The summed E-state index contributed by atoms with van der Waals surface area (Å²) in [7, 11) is 0. The third kappa shape index (κ3) is 9.85. The first-order chi connectivity index (χ1) is 22.0. The highest BCUT2D eigenvalue weighted by molar-refractivity contribution is 5.98. The molecule has 0 aliphatic carbocycles. The minimum atomic E-state index is -0.591. The standard InChI is InChI=1S/2C18H20N2O3/c2*1-12(2)16(13-6-4-3-5-7-13)18(22)19-15-10-8-14(9-11-15)17(21)20-23/h2*3-12,16,23H,1-2H3,(H,19,22)(H,20,21)/t2*16-/m00/s1. The van der Waals surface area contributed by atoms with Gasteiger partial charge in [0.1, 0.15) is 0 Å². The van der Waals surface area contributed by atoms with E-state index in [4.69, 9.17) is 10.4 Å². The summed E-state index contributed by atoms with van der Waals surface area (Å²) in [6.07, 6.45) is 0. The lowest BCUT2D eigenvalue weighted by atomic mass is 9.87. The van der Waals surface area contributed by atoms with Crippen molar-refractivity contribution >= 4 is 35.0 Å². The fourth-order valence-electron chi connectivity index (χ4n) is 4.98. The zero-order chi connectivity index (χ0) is 33.6. The van der Waals surface area contributed by atoms with Gasteiger partial charge in [0.15, 0.2) is 0 Å². The first kappa shape index (κ1) is 35.2. The predicted octanol–water partition coefficient (Wildman–Crippen LogP) is 6.37. The van der Waals surface area contributed by atoms with Gasteiger partial charge < -0.3 is 10.6 Å². The predicted molar refractivity (Wildman–Crippen MR) is 177 cm³/mol. The molecule has 6 N–H and O–H groups in total. The number of hydroxylamine groups is 2. The van der Waals surface area contributed by atoms with Crippen molar-refractivity contribution in [3.8, 4) is 0 Å². The lowest BCUT2D eigenvalue weighted by Crippen LogP contribution is -2.25.